The molecule has 10 nitrogen and oxygen atoms in total. The number of hydrogen-bond donors (Lipinski definition) is 1. The second kappa shape index (κ2) is 10.1. The number of esters is 1. The van der Waals surface area contributed by atoms with Gasteiger partial charge >= 0.3 is 11.6 Å². The molecule has 0 bridgehead atoms. The molecule has 0 saturated carbocycles. The van der Waals surface area contributed by atoms with E-state index in [1.807, 2.05) is 0 Å². The fourth-order valence-corrected chi connectivity index (χ4v) is 4.48. The van der Waals surface area contributed by atoms with Gasteiger partial charge in [0.25, 0.3) is 0 Å². The average Bonchev–Trinajstić information content (AvgIpc) is 2.95. The van der Waals surface area contributed by atoms with Gasteiger partial charge in [0, 0.05) is 17.0 Å². The molecule has 0 radical (unpaired) electrons. The van der Waals surface area contributed by atoms with E-state index in [-0.39, 0.29) is 28.5 Å². The molecule has 196 valence electrons. The molecule has 0 amide bonds. The lowest BCUT2D eigenvalue weighted by molar-refractivity contribution is 0.0730. The molecule has 39 heavy (non-hydrogen) atoms. The van der Waals surface area contributed by atoms with E-state index in [1.165, 1.54) is 39.5 Å². The quantitative estimate of drug-likeness (QED) is 0.220. The third-order valence-electron chi connectivity index (χ3n) is 6.28. The molecule has 1 aromatic heterocycles. The summed E-state index contributed by atoms with van der Waals surface area (Å²) in [5.41, 5.74) is 6.80. The van der Waals surface area contributed by atoms with Gasteiger partial charge < -0.3 is 33.8 Å². The first kappa shape index (κ1) is 25.2. The molecule has 3 aromatic carbocycles. The number of allylic oxidation sites excluding steroid dienone is 1. The highest BCUT2D eigenvalue weighted by molar-refractivity contribution is 5.94. The summed E-state index contributed by atoms with van der Waals surface area (Å²) in [7, 11) is 4.48. The predicted octanol–water partition coefficient (Wildman–Crippen LogP) is 4.26. The third kappa shape index (κ3) is 4.46. The molecule has 1 atom stereocenters. The maximum Gasteiger partial charge on any atom is 0.351 e. The zero-order valence-corrected chi connectivity index (χ0v) is 21.1. The highest BCUT2D eigenvalue weighted by Crippen LogP contribution is 2.47. The van der Waals surface area contributed by atoms with E-state index in [9.17, 15) is 14.9 Å². The summed E-state index contributed by atoms with van der Waals surface area (Å²) in [5.74, 6) is -0.0953. The van der Waals surface area contributed by atoms with Crippen molar-refractivity contribution in [3.05, 3.63) is 99.2 Å². The molecule has 0 fully saturated rings. The van der Waals surface area contributed by atoms with Crippen LogP contribution in [0.2, 0.25) is 0 Å². The van der Waals surface area contributed by atoms with Gasteiger partial charge in [-0.3, -0.25) is 0 Å². The van der Waals surface area contributed by atoms with Crippen LogP contribution in [0.4, 0.5) is 0 Å². The lowest BCUT2D eigenvalue weighted by Gasteiger charge is -2.27. The van der Waals surface area contributed by atoms with Crippen molar-refractivity contribution in [2.24, 2.45) is 5.73 Å². The zero-order chi connectivity index (χ0) is 27.7. The first-order valence-corrected chi connectivity index (χ1v) is 11.6. The van der Waals surface area contributed by atoms with Gasteiger partial charge in [-0.05, 0) is 35.9 Å². The average molecular weight is 527 g/mol. The maximum atomic E-state index is 12.9. The summed E-state index contributed by atoms with van der Waals surface area (Å²) in [6, 6.07) is 18.4. The normalized spacial score (nSPS) is 14.2. The SMILES string of the molecule is COc1cc(C2C(C#N)=C(N)Oc3cc(OC(=O)c4cc5ccccc5oc4=O)ccc32)cc(OC)c1OC. The van der Waals surface area contributed by atoms with Crippen LogP contribution in [0.25, 0.3) is 11.0 Å². The number of methoxy groups -OCH3 is 3. The fraction of sp³-hybridized carbons (Fsp3) is 0.138. The molecule has 1 aliphatic rings. The monoisotopic (exact) mass is 526 g/mol. The van der Waals surface area contributed by atoms with Crippen molar-refractivity contribution in [1.82, 2.24) is 0 Å². The Bertz CT molecular complexity index is 1720. The second-order valence-corrected chi connectivity index (χ2v) is 8.46. The number of rotatable bonds is 6. The van der Waals surface area contributed by atoms with Crippen molar-refractivity contribution < 1.29 is 32.9 Å². The molecule has 0 aliphatic carbocycles. The Morgan fingerprint density at radius 3 is 2.36 bits per heavy atom. The van der Waals surface area contributed by atoms with Crippen molar-refractivity contribution in [1.29, 1.82) is 5.26 Å². The number of para-hydroxylation sites is 1. The van der Waals surface area contributed by atoms with Crippen molar-refractivity contribution >= 4 is 16.9 Å². The van der Waals surface area contributed by atoms with Crippen LogP contribution in [0.3, 0.4) is 0 Å². The van der Waals surface area contributed by atoms with Crippen molar-refractivity contribution in [2.45, 2.75) is 5.92 Å². The number of nitriles is 1. The number of carbonyl (C=O) groups excluding carboxylic acids is 1. The smallest absolute Gasteiger partial charge is 0.351 e. The molecule has 5 rings (SSSR count). The Morgan fingerprint density at radius 1 is 0.974 bits per heavy atom. The third-order valence-corrected chi connectivity index (χ3v) is 6.28. The van der Waals surface area contributed by atoms with Crippen LogP contribution in [0.15, 0.2) is 81.3 Å². The Kier molecular flexibility index (Phi) is 6.56. The van der Waals surface area contributed by atoms with Crippen LogP contribution in [0.1, 0.15) is 27.4 Å². The van der Waals surface area contributed by atoms with E-state index in [4.69, 9.17) is 33.8 Å². The van der Waals surface area contributed by atoms with Gasteiger partial charge in [-0.25, -0.2) is 9.59 Å². The lowest BCUT2D eigenvalue weighted by atomic mass is 9.83. The zero-order valence-electron chi connectivity index (χ0n) is 21.1. The van der Waals surface area contributed by atoms with E-state index < -0.39 is 17.5 Å². The van der Waals surface area contributed by atoms with E-state index in [0.717, 1.165) is 0 Å². The van der Waals surface area contributed by atoms with Crippen LogP contribution >= 0.6 is 0 Å². The molecule has 1 unspecified atom stereocenters. The molecule has 0 spiro atoms. The Hall–Kier alpha value is -5.43. The minimum Gasteiger partial charge on any atom is -0.493 e. The minimum atomic E-state index is -0.896. The highest BCUT2D eigenvalue weighted by Gasteiger charge is 2.33. The first-order chi connectivity index (χ1) is 18.9. The van der Waals surface area contributed by atoms with Gasteiger partial charge in [0.1, 0.15) is 34.3 Å². The standard InChI is InChI=1S/C29H22N2O8/c1-34-23-11-16(12-24(35-2)26(23)36-3)25-18-9-8-17(13-22(18)38-27(31)20(25)14-30)37-28(32)19-10-15-6-4-5-7-21(15)39-29(19)33/h4-13,25H,31H2,1-3H3. The van der Waals surface area contributed by atoms with Gasteiger partial charge in [0.15, 0.2) is 11.5 Å². The van der Waals surface area contributed by atoms with Gasteiger partial charge in [-0.1, -0.05) is 24.3 Å². The first-order valence-electron chi connectivity index (χ1n) is 11.6. The molecule has 4 aromatic rings. The molecule has 1 aliphatic heterocycles. The maximum absolute atomic E-state index is 12.9. The Balaban J connectivity index is 1.53. The second-order valence-electron chi connectivity index (χ2n) is 8.46. The van der Waals surface area contributed by atoms with Gasteiger partial charge in [-0.2, -0.15) is 5.26 Å². The molecule has 2 N–H and O–H groups in total. The highest BCUT2D eigenvalue weighted by atomic mass is 16.5. The van der Waals surface area contributed by atoms with E-state index in [0.29, 0.717) is 39.3 Å². The van der Waals surface area contributed by atoms with E-state index in [1.54, 1.807) is 42.5 Å². The van der Waals surface area contributed by atoms with Gasteiger partial charge in [0.05, 0.1) is 27.2 Å². The summed E-state index contributed by atoms with van der Waals surface area (Å²) in [6.07, 6.45) is 0. The van der Waals surface area contributed by atoms with E-state index in [2.05, 4.69) is 6.07 Å². The van der Waals surface area contributed by atoms with Crippen molar-refractivity contribution in [3.8, 4) is 34.8 Å². The number of hydrogen-bond acceptors (Lipinski definition) is 10. The Labute approximate surface area is 222 Å². The molecule has 10 heteroatoms. The van der Waals surface area contributed by atoms with E-state index >= 15 is 0 Å². The van der Waals surface area contributed by atoms with Crippen LogP contribution in [0, 0.1) is 11.3 Å². The summed E-state index contributed by atoms with van der Waals surface area (Å²) in [5, 5.41) is 10.5. The predicted molar refractivity (Wildman–Crippen MR) is 139 cm³/mol. The number of nitrogens with two attached hydrogens (primary N) is 1. The largest absolute Gasteiger partial charge is 0.493 e. The van der Waals surface area contributed by atoms with Crippen molar-refractivity contribution in [2.75, 3.05) is 21.3 Å². The van der Waals surface area contributed by atoms with Crippen LogP contribution in [-0.4, -0.2) is 27.3 Å². The van der Waals surface area contributed by atoms with Crippen molar-refractivity contribution in [3.63, 3.8) is 0 Å². The minimum absolute atomic E-state index is 0.100. The number of nitrogens with zero attached hydrogens (tertiary/aromatic N) is 1. The Morgan fingerprint density at radius 2 is 1.69 bits per heavy atom. The fourth-order valence-electron chi connectivity index (χ4n) is 4.48. The molecular formula is C29H22N2O8. The summed E-state index contributed by atoms with van der Waals surface area (Å²) >= 11 is 0. The number of benzene rings is 3. The lowest BCUT2D eigenvalue weighted by Crippen LogP contribution is -2.22. The molecular weight excluding hydrogens is 504 g/mol. The summed E-state index contributed by atoms with van der Waals surface area (Å²) in [6.45, 7) is 0. The summed E-state index contributed by atoms with van der Waals surface area (Å²) in [4.78, 5) is 25.2. The van der Waals surface area contributed by atoms with Gasteiger partial charge in [-0.15, -0.1) is 0 Å². The van der Waals surface area contributed by atoms with Crippen LogP contribution < -0.4 is 35.0 Å². The molecule has 0 saturated heterocycles. The molecule has 2 heterocycles. The number of ether oxygens (including phenoxy) is 5. The topological polar surface area (TPSA) is 143 Å². The van der Waals surface area contributed by atoms with Gasteiger partial charge in [0.2, 0.25) is 11.6 Å². The summed E-state index contributed by atoms with van der Waals surface area (Å²) < 4.78 is 32.8. The van der Waals surface area contributed by atoms with Crippen LogP contribution in [0.5, 0.6) is 28.7 Å². The number of carbonyl (C=O) groups is 1. The number of fused-ring (bicyclic) bond motifs is 2. The van der Waals surface area contributed by atoms with Crippen LogP contribution in [-0.2, 0) is 0 Å².